The van der Waals surface area contributed by atoms with Crippen LogP contribution >= 0.6 is 18.9 Å². The van der Waals surface area contributed by atoms with Crippen LogP contribution in [0.5, 0.6) is 0 Å². The molecule has 1 aromatic carbocycles. The lowest BCUT2D eigenvalue weighted by molar-refractivity contribution is 0.0793. The third-order valence-corrected chi connectivity index (χ3v) is 2.83. The summed E-state index contributed by atoms with van der Waals surface area (Å²) in [6.45, 7) is 6.08. The molecule has 0 saturated heterocycles. The summed E-state index contributed by atoms with van der Waals surface area (Å²) in [4.78, 5) is 0. The van der Waals surface area contributed by atoms with Crippen molar-refractivity contribution in [1.29, 1.82) is 0 Å². The molecule has 0 aromatic heterocycles. The Balaban J connectivity index is 0.00000106. The number of hydrogen-bond donors (Lipinski definition) is 0. The Kier molecular flexibility index (Phi) is 10.2. The topological polar surface area (TPSA) is 18.5 Å². The summed E-state index contributed by atoms with van der Waals surface area (Å²) in [6, 6.07) is 10.1. The van der Waals surface area contributed by atoms with Gasteiger partial charge in [0.1, 0.15) is 6.10 Å². The highest BCUT2D eigenvalue weighted by molar-refractivity contribution is 7.10. The fraction of sp³-hybridized carbons (Fsp3) is 0.500. The second kappa shape index (κ2) is 10.2. The van der Waals surface area contributed by atoms with Gasteiger partial charge in [-0.15, -0.1) is 0 Å². The van der Waals surface area contributed by atoms with Crippen molar-refractivity contribution in [3.8, 4) is 0 Å². The number of benzene rings is 1. The quantitative estimate of drug-likeness (QED) is 0.740. The van der Waals surface area contributed by atoms with E-state index in [1.54, 1.807) is 0 Å². The van der Waals surface area contributed by atoms with Crippen molar-refractivity contribution in [3.63, 3.8) is 0 Å². The van der Waals surface area contributed by atoms with E-state index >= 15 is 0 Å². The molecule has 0 bridgehead atoms. The van der Waals surface area contributed by atoms with Gasteiger partial charge in [0.05, 0.1) is 6.10 Å². The predicted octanol–water partition coefficient (Wildman–Crippen LogP) is 4.15. The third-order valence-electron chi connectivity index (χ3n) is 2.19. The van der Waals surface area contributed by atoms with Crippen LogP contribution in [0, 0.1) is 0 Å². The molecule has 4 unspecified atom stereocenters. The molecule has 0 saturated carbocycles. The van der Waals surface area contributed by atoms with Crippen LogP contribution in [0.25, 0.3) is 0 Å². The van der Waals surface area contributed by atoms with Crippen LogP contribution in [0.15, 0.2) is 30.3 Å². The van der Waals surface area contributed by atoms with Gasteiger partial charge in [0.2, 0.25) is 0 Å². The molecule has 0 fully saturated rings. The Morgan fingerprint density at radius 1 is 1.06 bits per heavy atom. The van der Waals surface area contributed by atoms with Crippen LogP contribution in [-0.2, 0) is 9.05 Å². The van der Waals surface area contributed by atoms with Gasteiger partial charge in [-0.05, 0) is 12.0 Å². The molecular formula is C12H22O2P2. The van der Waals surface area contributed by atoms with Crippen molar-refractivity contribution in [2.24, 2.45) is 0 Å². The summed E-state index contributed by atoms with van der Waals surface area (Å²) in [6.07, 6.45) is 0.959. The molecule has 4 atom stereocenters. The van der Waals surface area contributed by atoms with Gasteiger partial charge in [-0.1, -0.05) is 51.1 Å². The lowest BCUT2D eigenvalue weighted by Crippen LogP contribution is -2.18. The molecule has 2 nitrogen and oxygen atoms in total. The van der Waals surface area contributed by atoms with Gasteiger partial charge in [-0.2, -0.15) is 0 Å². The molecule has 0 amide bonds. The third kappa shape index (κ3) is 4.89. The average Bonchev–Trinajstić information content (AvgIpc) is 2.39. The van der Waals surface area contributed by atoms with E-state index in [4.69, 9.17) is 9.05 Å². The maximum atomic E-state index is 5.36. The minimum Gasteiger partial charge on any atom is -0.359 e. The molecule has 0 aliphatic rings. The minimum absolute atomic E-state index is 0.0244. The normalized spacial score (nSPS) is 13.6. The van der Waals surface area contributed by atoms with E-state index in [9.17, 15) is 0 Å². The first-order valence-electron chi connectivity index (χ1n) is 5.59. The predicted molar refractivity (Wildman–Crippen MR) is 76.2 cm³/mol. The largest absolute Gasteiger partial charge is 0.359 e. The summed E-state index contributed by atoms with van der Waals surface area (Å²) in [5, 5.41) is 0. The average molecular weight is 260 g/mol. The highest BCUT2D eigenvalue weighted by atomic mass is 31.0. The van der Waals surface area contributed by atoms with E-state index < -0.39 is 0 Å². The van der Waals surface area contributed by atoms with Crippen LogP contribution < -0.4 is 0 Å². The molecule has 0 N–H and O–H groups in total. The van der Waals surface area contributed by atoms with Gasteiger partial charge in [-0.25, -0.2) is 0 Å². The molecule has 1 rings (SSSR count). The molecule has 16 heavy (non-hydrogen) atoms. The second-order valence-electron chi connectivity index (χ2n) is 3.05. The zero-order chi connectivity index (χ0) is 12.4. The molecule has 0 radical (unpaired) electrons. The zero-order valence-corrected chi connectivity index (χ0v) is 12.5. The Labute approximate surface area is 104 Å². The first-order valence-corrected chi connectivity index (χ1v) is 6.53. The van der Waals surface area contributed by atoms with Crippen LogP contribution in [-0.4, -0.2) is 6.10 Å². The maximum absolute atomic E-state index is 5.36. The summed E-state index contributed by atoms with van der Waals surface area (Å²) in [5.74, 6) is 0. The van der Waals surface area contributed by atoms with Crippen LogP contribution in [0.1, 0.15) is 38.9 Å². The molecule has 0 heterocycles. The van der Waals surface area contributed by atoms with Crippen LogP contribution in [0.2, 0.25) is 0 Å². The van der Waals surface area contributed by atoms with E-state index in [2.05, 4.69) is 25.9 Å². The molecule has 0 aliphatic heterocycles. The Hall–Kier alpha value is 0. The summed E-state index contributed by atoms with van der Waals surface area (Å²) in [7, 11) is 4.60. The number of hydrogen-bond acceptors (Lipinski definition) is 2. The standard InChI is InChI=1S/C10H16O2P2.C2H6/c1-2-9(11-13)10(12-14)8-6-4-3-5-7-8;1-2/h3-7,9-10H,2,13-14H2,1H3;1-2H3. The molecular weight excluding hydrogens is 238 g/mol. The summed E-state index contributed by atoms with van der Waals surface area (Å²) >= 11 is 0. The van der Waals surface area contributed by atoms with Gasteiger partial charge in [0.15, 0.2) is 0 Å². The van der Waals surface area contributed by atoms with Crippen molar-refractivity contribution >= 4 is 18.9 Å². The fourth-order valence-corrected chi connectivity index (χ4v) is 2.07. The molecule has 0 spiro atoms. The highest BCUT2D eigenvalue weighted by Gasteiger charge is 2.20. The Morgan fingerprint density at radius 3 is 2.00 bits per heavy atom. The van der Waals surface area contributed by atoms with Crippen molar-refractivity contribution in [2.75, 3.05) is 0 Å². The van der Waals surface area contributed by atoms with Crippen molar-refractivity contribution in [3.05, 3.63) is 35.9 Å². The first-order chi connectivity index (χ1) is 7.83. The summed E-state index contributed by atoms with van der Waals surface area (Å²) < 4.78 is 10.6. The van der Waals surface area contributed by atoms with Crippen molar-refractivity contribution in [2.45, 2.75) is 39.4 Å². The zero-order valence-electron chi connectivity index (χ0n) is 10.2. The maximum Gasteiger partial charge on any atom is 0.112 e. The molecule has 0 aliphatic carbocycles. The van der Waals surface area contributed by atoms with Gasteiger partial charge < -0.3 is 9.05 Å². The fourth-order valence-electron chi connectivity index (χ4n) is 1.41. The lowest BCUT2D eigenvalue weighted by Gasteiger charge is -2.23. The van der Waals surface area contributed by atoms with E-state index in [1.807, 2.05) is 44.2 Å². The Morgan fingerprint density at radius 2 is 1.62 bits per heavy atom. The Bertz CT molecular complexity index is 250. The monoisotopic (exact) mass is 260 g/mol. The summed E-state index contributed by atoms with van der Waals surface area (Å²) in [5.41, 5.74) is 1.14. The van der Waals surface area contributed by atoms with Gasteiger partial charge in [0, 0.05) is 18.9 Å². The SMILES string of the molecule is CC.CCC(OP)C(OP)c1ccccc1. The lowest BCUT2D eigenvalue weighted by atomic mass is 10.0. The number of rotatable bonds is 5. The van der Waals surface area contributed by atoms with Gasteiger partial charge in [-0.3, -0.25) is 0 Å². The second-order valence-corrected chi connectivity index (χ2v) is 3.59. The smallest absolute Gasteiger partial charge is 0.112 e. The van der Waals surface area contributed by atoms with E-state index in [0.29, 0.717) is 0 Å². The van der Waals surface area contributed by atoms with E-state index in [1.165, 1.54) is 0 Å². The van der Waals surface area contributed by atoms with Gasteiger partial charge >= 0.3 is 0 Å². The molecule has 4 heteroatoms. The van der Waals surface area contributed by atoms with E-state index in [-0.39, 0.29) is 12.2 Å². The molecule has 1 aromatic rings. The van der Waals surface area contributed by atoms with Crippen molar-refractivity contribution < 1.29 is 9.05 Å². The van der Waals surface area contributed by atoms with Crippen molar-refractivity contribution in [1.82, 2.24) is 0 Å². The molecule has 92 valence electrons. The van der Waals surface area contributed by atoms with Crippen LogP contribution in [0.4, 0.5) is 0 Å². The minimum atomic E-state index is -0.0244. The van der Waals surface area contributed by atoms with Gasteiger partial charge in [0.25, 0.3) is 0 Å². The van der Waals surface area contributed by atoms with Crippen LogP contribution in [0.3, 0.4) is 0 Å². The van der Waals surface area contributed by atoms with E-state index in [0.717, 1.165) is 12.0 Å². The first kappa shape index (κ1) is 16.0. The highest BCUT2D eigenvalue weighted by Crippen LogP contribution is 2.28.